The number of nitrogens with zero attached hydrogens (tertiary/aromatic N) is 1. The highest BCUT2D eigenvalue weighted by atomic mass is 16.6. The molecular formula is C13H16N2O3. The number of carbonyl (C=O) groups excluding carboxylic acids is 1. The highest BCUT2D eigenvalue weighted by Gasteiger charge is 2.21. The Hall–Kier alpha value is -1.75. The van der Waals surface area contributed by atoms with Gasteiger partial charge < -0.3 is 5.32 Å². The highest BCUT2D eigenvalue weighted by Crippen LogP contribution is 2.17. The molecule has 1 aromatic carbocycles. The molecule has 1 aromatic rings. The van der Waals surface area contributed by atoms with Gasteiger partial charge in [-0.05, 0) is 18.4 Å². The molecule has 0 saturated carbocycles. The lowest BCUT2D eigenvalue weighted by atomic mass is 9.91. The number of aryl methyl sites for hydroxylation is 1. The van der Waals surface area contributed by atoms with E-state index in [4.69, 9.17) is 0 Å². The Labute approximate surface area is 105 Å². The standard InChI is InChI=1S/C13H16N2O3/c16-13-7-8-14-9-11(13)4-1-10-2-5-12(6-3-10)15(17)18/h2-3,5-6,11,14H,1,4,7-9H2. The molecule has 1 fully saturated rings. The van der Waals surface area contributed by atoms with Crippen molar-refractivity contribution < 1.29 is 9.72 Å². The summed E-state index contributed by atoms with van der Waals surface area (Å²) in [6, 6.07) is 6.55. The number of carbonyl (C=O) groups is 1. The van der Waals surface area contributed by atoms with Crippen LogP contribution in [0.5, 0.6) is 0 Å². The normalized spacial score (nSPS) is 19.8. The van der Waals surface area contributed by atoms with Gasteiger partial charge in [-0.15, -0.1) is 0 Å². The summed E-state index contributed by atoms with van der Waals surface area (Å²) in [6.45, 7) is 1.54. The van der Waals surface area contributed by atoms with Crippen molar-refractivity contribution in [1.82, 2.24) is 5.32 Å². The summed E-state index contributed by atoms with van der Waals surface area (Å²) in [7, 11) is 0. The lowest BCUT2D eigenvalue weighted by molar-refractivity contribution is -0.384. The zero-order chi connectivity index (χ0) is 13.0. The van der Waals surface area contributed by atoms with Gasteiger partial charge in [-0.25, -0.2) is 0 Å². The van der Waals surface area contributed by atoms with Crippen LogP contribution in [0.15, 0.2) is 24.3 Å². The zero-order valence-electron chi connectivity index (χ0n) is 10.1. The summed E-state index contributed by atoms with van der Waals surface area (Å²) in [5.41, 5.74) is 1.15. The summed E-state index contributed by atoms with van der Waals surface area (Å²) in [5.74, 6) is 0.421. The maximum absolute atomic E-state index is 11.6. The van der Waals surface area contributed by atoms with Crippen LogP contribution in [0.3, 0.4) is 0 Å². The van der Waals surface area contributed by atoms with Gasteiger partial charge in [-0.1, -0.05) is 12.1 Å². The number of hydrogen-bond acceptors (Lipinski definition) is 4. The Balaban J connectivity index is 1.89. The van der Waals surface area contributed by atoms with Gasteiger partial charge in [-0.3, -0.25) is 14.9 Å². The predicted octanol–water partition coefficient (Wildman–Crippen LogP) is 1.71. The van der Waals surface area contributed by atoms with Crippen molar-refractivity contribution in [3.63, 3.8) is 0 Å². The molecule has 2 rings (SSSR count). The van der Waals surface area contributed by atoms with E-state index < -0.39 is 4.92 Å². The van der Waals surface area contributed by atoms with E-state index in [1.54, 1.807) is 12.1 Å². The van der Waals surface area contributed by atoms with Crippen LogP contribution in [0, 0.1) is 16.0 Å². The van der Waals surface area contributed by atoms with Gasteiger partial charge in [-0.2, -0.15) is 0 Å². The molecular weight excluding hydrogens is 232 g/mol. The number of Topliss-reactive ketones (excluding diaryl/α,β-unsaturated/α-hetero) is 1. The van der Waals surface area contributed by atoms with Crippen LogP contribution in [-0.4, -0.2) is 23.8 Å². The minimum Gasteiger partial charge on any atom is -0.316 e. The van der Waals surface area contributed by atoms with Crippen molar-refractivity contribution in [2.75, 3.05) is 13.1 Å². The third-order valence-electron chi connectivity index (χ3n) is 3.32. The number of rotatable bonds is 4. The second kappa shape index (κ2) is 5.73. The van der Waals surface area contributed by atoms with Gasteiger partial charge in [0, 0.05) is 37.6 Å². The van der Waals surface area contributed by atoms with Crippen molar-refractivity contribution in [1.29, 1.82) is 0 Å². The summed E-state index contributed by atoms with van der Waals surface area (Å²) in [6.07, 6.45) is 2.21. The molecule has 1 aliphatic rings. The van der Waals surface area contributed by atoms with Crippen molar-refractivity contribution in [2.45, 2.75) is 19.3 Å². The third kappa shape index (κ3) is 3.13. The maximum Gasteiger partial charge on any atom is 0.269 e. The maximum atomic E-state index is 11.6. The molecule has 0 bridgehead atoms. The topological polar surface area (TPSA) is 72.2 Å². The van der Waals surface area contributed by atoms with Crippen LogP contribution in [0.1, 0.15) is 18.4 Å². The SMILES string of the molecule is O=C1CCNCC1CCc1ccc([N+](=O)[O-])cc1. The molecule has 1 unspecified atom stereocenters. The van der Waals surface area contributed by atoms with Crippen molar-refractivity contribution in [3.05, 3.63) is 39.9 Å². The quantitative estimate of drug-likeness (QED) is 0.650. The van der Waals surface area contributed by atoms with E-state index in [-0.39, 0.29) is 11.6 Å². The molecule has 1 heterocycles. The summed E-state index contributed by atoms with van der Waals surface area (Å²) >= 11 is 0. The average molecular weight is 248 g/mol. The lowest BCUT2D eigenvalue weighted by Gasteiger charge is -2.21. The van der Waals surface area contributed by atoms with E-state index >= 15 is 0 Å². The molecule has 1 N–H and O–H groups in total. The molecule has 1 aliphatic heterocycles. The fourth-order valence-corrected chi connectivity index (χ4v) is 2.19. The molecule has 0 aliphatic carbocycles. The smallest absolute Gasteiger partial charge is 0.269 e. The molecule has 18 heavy (non-hydrogen) atoms. The largest absolute Gasteiger partial charge is 0.316 e. The van der Waals surface area contributed by atoms with Crippen molar-refractivity contribution in [2.24, 2.45) is 5.92 Å². The van der Waals surface area contributed by atoms with E-state index in [2.05, 4.69) is 5.32 Å². The van der Waals surface area contributed by atoms with Crippen molar-refractivity contribution >= 4 is 11.5 Å². The zero-order valence-corrected chi connectivity index (χ0v) is 10.1. The molecule has 5 heteroatoms. The summed E-state index contributed by atoms with van der Waals surface area (Å²) in [5, 5.41) is 13.7. The first-order chi connectivity index (χ1) is 8.66. The number of benzene rings is 1. The van der Waals surface area contributed by atoms with Gasteiger partial charge in [0.15, 0.2) is 0 Å². The van der Waals surface area contributed by atoms with Crippen LogP contribution in [0.25, 0.3) is 0 Å². The van der Waals surface area contributed by atoms with Gasteiger partial charge in [0.05, 0.1) is 4.92 Å². The molecule has 1 saturated heterocycles. The van der Waals surface area contributed by atoms with Crippen molar-refractivity contribution in [3.8, 4) is 0 Å². The average Bonchev–Trinajstić information content (AvgIpc) is 2.38. The molecule has 0 aromatic heterocycles. The summed E-state index contributed by atoms with van der Waals surface area (Å²) in [4.78, 5) is 21.7. The Bertz CT molecular complexity index is 442. The monoisotopic (exact) mass is 248 g/mol. The van der Waals surface area contributed by atoms with Crippen LogP contribution in [-0.2, 0) is 11.2 Å². The fourth-order valence-electron chi connectivity index (χ4n) is 2.19. The number of piperidine rings is 1. The first kappa shape index (κ1) is 12.7. The van der Waals surface area contributed by atoms with E-state index in [0.717, 1.165) is 31.5 Å². The Morgan fingerprint density at radius 1 is 1.33 bits per heavy atom. The Morgan fingerprint density at radius 3 is 2.67 bits per heavy atom. The molecule has 0 amide bonds. The number of hydrogen-bond donors (Lipinski definition) is 1. The van der Waals surface area contributed by atoms with E-state index in [1.165, 1.54) is 12.1 Å². The van der Waals surface area contributed by atoms with Gasteiger partial charge >= 0.3 is 0 Å². The number of non-ortho nitro benzene ring substituents is 1. The number of nitro benzene ring substituents is 1. The molecule has 5 nitrogen and oxygen atoms in total. The van der Waals surface area contributed by atoms with Gasteiger partial charge in [0.2, 0.25) is 0 Å². The molecule has 0 spiro atoms. The second-order valence-corrected chi connectivity index (χ2v) is 4.58. The molecule has 96 valence electrons. The van der Waals surface area contributed by atoms with Gasteiger partial charge in [0.25, 0.3) is 5.69 Å². The molecule has 0 radical (unpaired) electrons. The van der Waals surface area contributed by atoms with E-state index in [1.807, 2.05) is 0 Å². The minimum absolute atomic E-state index is 0.0916. The highest BCUT2D eigenvalue weighted by molar-refractivity contribution is 5.82. The molecule has 1 atom stereocenters. The first-order valence-corrected chi connectivity index (χ1v) is 6.13. The van der Waals surface area contributed by atoms with Crippen LogP contribution >= 0.6 is 0 Å². The number of nitro groups is 1. The number of nitrogens with one attached hydrogen (secondary N) is 1. The van der Waals surface area contributed by atoms with Crippen LogP contribution in [0.2, 0.25) is 0 Å². The fraction of sp³-hybridized carbons (Fsp3) is 0.462. The minimum atomic E-state index is -0.404. The van der Waals surface area contributed by atoms with E-state index in [0.29, 0.717) is 12.2 Å². The second-order valence-electron chi connectivity index (χ2n) is 4.58. The summed E-state index contributed by atoms with van der Waals surface area (Å²) < 4.78 is 0. The number of ketones is 1. The van der Waals surface area contributed by atoms with Crippen LogP contribution in [0.4, 0.5) is 5.69 Å². The Kier molecular flexibility index (Phi) is 4.04. The first-order valence-electron chi connectivity index (χ1n) is 6.13. The lowest BCUT2D eigenvalue weighted by Crippen LogP contribution is -2.37. The van der Waals surface area contributed by atoms with Crippen LogP contribution < -0.4 is 5.32 Å². The Morgan fingerprint density at radius 2 is 2.06 bits per heavy atom. The van der Waals surface area contributed by atoms with Gasteiger partial charge in [0.1, 0.15) is 5.78 Å². The predicted molar refractivity (Wildman–Crippen MR) is 67.4 cm³/mol. The van der Waals surface area contributed by atoms with E-state index in [9.17, 15) is 14.9 Å². The third-order valence-corrected chi connectivity index (χ3v) is 3.32.